The van der Waals surface area contributed by atoms with Crippen LogP contribution >= 0.6 is 11.6 Å². The van der Waals surface area contributed by atoms with E-state index in [1.165, 1.54) is 0 Å². The summed E-state index contributed by atoms with van der Waals surface area (Å²) in [6.07, 6.45) is 2.64. The van der Waals surface area contributed by atoms with Gasteiger partial charge in [0, 0.05) is 5.56 Å². The van der Waals surface area contributed by atoms with Gasteiger partial charge in [-0.05, 0) is 48.1 Å². The van der Waals surface area contributed by atoms with E-state index in [1.807, 2.05) is 54.6 Å². The van der Waals surface area contributed by atoms with Crippen LogP contribution in [0.25, 0.3) is 33.7 Å². The summed E-state index contributed by atoms with van der Waals surface area (Å²) in [7, 11) is 0. The van der Waals surface area contributed by atoms with Crippen molar-refractivity contribution in [2.75, 3.05) is 0 Å². The molecule has 0 fully saturated rings. The van der Waals surface area contributed by atoms with Gasteiger partial charge in [-0.25, -0.2) is 9.37 Å². The van der Waals surface area contributed by atoms with Crippen LogP contribution in [0, 0.1) is 5.82 Å². The SMILES string of the molecule is Fc1c2c(cc3nc(-c4cccc(-c5ccccc5)c4Cl)oc13)CCC2. The highest BCUT2D eigenvalue weighted by Crippen LogP contribution is 2.38. The van der Waals surface area contributed by atoms with Crippen LogP contribution in [-0.2, 0) is 12.8 Å². The Hall–Kier alpha value is -2.65. The lowest BCUT2D eigenvalue weighted by molar-refractivity contribution is 0.557. The van der Waals surface area contributed by atoms with E-state index in [4.69, 9.17) is 16.0 Å². The highest BCUT2D eigenvalue weighted by Gasteiger charge is 2.23. The molecule has 5 rings (SSSR count). The van der Waals surface area contributed by atoms with Crippen molar-refractivity contribution in [3.63, 3.8) is 0 Å². The van der Waals surface area contributed by atoms with E-state index < -0.39 is 0 Å². The molecule has 128 valence electrons. The first kappa shape index (κ1) is 15.6. The van der Waals surface area contributed by atoms with Crippen molar-refractivity contribution < 1.29 is 8.81 Å². The zero-order chi connectivity index (χ0) is 17.7. The molecule has 1 aliphatic rings. The van der Waals surface area contributed by atoms with E-state index in [9.17, 15) is 4.39 Å². The maximum Gasteiger partial charge on any atom is 0.229 e. The maximum atomic E-state index is 14.8. The molecule has 0 saturated carbocycles. The number of hydrogen-bond acceptors (Lipinski definition) is 2. The summed E-state index contributed by atoms with van der Waals surface area (Å²) >= 11 is 6.65. The molecule has 1 aliphatic carbocycles. The van der Waals surface area contributed by atoms with Crippen molar-refractivity contribution >= 4 is 22.7 Å². The summed E-state index contributed by atoms with van der Waals surface area (Å²) < 4.78 is 20.6. The van der Waals surface area contributed by atoms with Crippen LogP contribution in [0.4, 0.5) is 4.39 Å². The highest BCUT2D eigenvalue weighted by atomic mass is 35.5. The molecular weight excluding hydrogens is 349 g/mol. The van der Waals surface area contributed by atoms with Gasteiger partial charge < -0.3 is 4.42 Å². The highest BCUT2D eigenvalue weighted by molar-refractivity contribution is 6.36. The van der Waals surface area contributed by atoms with E-state index in [1.54, 1.807) is 0 Å². The van der Waals surface area contributed by atoms with Gasteiger partial charge in [-0.15, -0.1) is 0 Å². The molecule has 26 heavy (non-hydrogen) atoms. The largest absolute Gasteiger partial charge is 0.433 e. The van der Waals surface area contributed by atoms with Gasteiger partial charge in [-0.2, -0.15) is 0 Å². The number of aromatic nitrogens is 1. The molecule has 1 heterocycles. The van der Waals surface area contributed by atoms with E-state index >= 15 is 0 Å². The fourth-order valence-electron chi connectivity index (χ4n) is 3.72. The van der Waals surface area contributed by atoms with Gasteiger partial charge in [0.1, 0.15) is 5.52 Å². The molecular formula is C22H15ClFNO. The number of rotatable bonds is 2. The van der Waals surface area contributed by atoms with Crippen LogP contribution in [0.1, 0.15) is 17.5 Å². The molecule has 0 unspecified atom stereocenters. The lowest BCUT2D eigenvalue weighted by Crippen LogP contribution is -1.89. The molecule has 0 aliphatic heterocycles. The zero-order valence-electron chi connectivity index (χ0n) is 13.9. The Morgan fingerprint density at radius 3 is 2.62 bits per heavy atom. The fraction of sp³-hybridized carbons (Fsp3) is 0.136. The summed E-state index contributed by atoms with van der Waals surface area (Å²) in [6.45, 7) is 0. The third-order valence-electron chi connectivity index (χ3n) is 5.00. The van der Waals surface area contributed by atoms with E-state index in [0.717, 1.165) is 41.5 Å². The Labute approximate surface area is 155 Å². The monoisotopic (exact) mass is 363 g/mol. The van der Waals surface area contributed by atoms with Crippen molar-refractivity contribution in [2.24, 2.45) is 0 Å². The normalized spacial score (nSPS) is 13.3. The van der Waals surface area contributed by atoms with Crippen LogP contribution in [-0.4, -0.2) is 4.98 Å². The average Bonchev–Trinajstić information content (AvgIpc) is 3.30. The summed E-state index contributed by atoms with van der Waals surface area (Å²) in [5.74, 6) is 0.0782. The van der Waals surface area contributed by atoms with E-state index in [2.05, 4.69) is 4.98 Å². The molecule has 1 aromatic heterocycles. The molecule has 0 atom stereocenters. The molecule has 0 saturated heterocycles. The van der Waals surface area contributed by atoms with Gasteiger partial charge in [-0.3, -0.25) is 0 Å². The number of benzene rings is 3. The lowest BCUT2D eigenvalue weighted by atomic mass is 10.0. The Morgan fingerprint density at radius 2 is 1.77 bits per heavy atom. The first-order valence-corrected chi connectivity index (χ1v) is 9.05. The van der Waals surface area contributed by atoms with Gasteiger partial charge in [-0.1, -0.05) is 54.1 Å². The number of fused-ring (bicyclic) bond motifs is 2. The molecule has 0 amide bonds. The predicted octanol–water partition coefficient (Wildman–Crippen LogP) is 6.44. The van der Waals surface area contributed by atoms with Crippen molar-refractivity contribution in [1.29, 1.82) is 0 Å². The summed E-state index contributed by atoms with van der Waals surface area (Å²) in [5.41, 5.74) is 5.17. The van der Waals surface area contributed by atoms with Gasteiger partial charge >= 0.3 is 0 Å². The number of oxazole rings is 1. The van der Waals surface area contributed by atoms with E-state index in [0.29, 0.717) is 22.0 Å². The standard InChI is InChI=1S/C22H15ClFNO/c23-19-15(13-6-2-1-3-7-13)9-5-11-17(19)22-25-18-12-14-8-4-10-16(14)20(24)21(18)26-22/h1-3,5-7,9,11-12H,4,8,10H2. The van der Waals surface area contributed by atoms with Gasteiger partial charge in [0.05, 0.1) is 10.6 Å². The summed E-state index contributed by atoms with van der Waals surface area (Å²) in [6, 6.07) is 17.6. The Bertz CT molecular complexity index is 1130. The minimum atomic E-state index is -0.274. The van der Waals surface area contributed by atoms with Crippen LogP contribution in [0.3, 0.4) is 0 Å². The number of nitrogens with zero attached hydrogens (tertiary/aromatic N) is 1. The molecule has 0 spiro atoms. The Kier molecular flexibility index (Phi) is 3.57. The third-order valence-corrected chi connectivity index (χ3v) is 5.41. The van der Waals surface area contributed by atoms with E-state index in [-0.39, 0.29) is 11.4 Å². The van der Waals surface area contributed by atoms with Gasteiger partial charge in [0.25, 0.3) is 0 Å². The van der Waals surface area contributed by atoms with Crippen molar-refractivity contribution in [2.45, 2.75) is 19.3 Å². The summed E-state index contributed by atoms with van der Waals surface area (Å²) in [4.78, 5) is 4.53. The van der Waals surface area contributed by atoms with Crippen molar-refractivity contribution in [1.82, 2.24) is 4.98 Å². The molecule has 3 aromatic carbocycles. The van der Waals surface area contributed by atoms with Crippen LogP contribution < -0.4 is 0 Å². The Morgan fingerprint density at radius 1 is 0.962 bits per heavy atom. The smallest absolute Gasteiger partial charge is 0.229 e. The molecule has 0 radical (unpaired) electrons. The second-order valence-corrected chi connectivity index (χ2v) is 6.96. The van der Waals surface area contributed by atoms with Gasteiger partial charge in [0.15, 0.2) is 11.4 Å². The number of aryl methyl sites for hydroxylation is 1. The van der Waals surface area contributed by atoms with Crippen LogP contribution in [0.2, 0.25) is 5.02 Å². The first-order chi connectivity index (χ1) is 12.7. The minimum Gasteiger partial charge on any atom is -0.433 e. The first-order valence-electron chi connectivity index (χ1n) is 8.67. The predicted molar refractivity (Wildman–Crippen MR) is 102 cm³/mol. The second-order valence-electron chi connectivity index (χ2n) is 6.58. The second kappa shape index (κ2) is 5.96. The number of halogens is 2. The number of hydrogen-bond donors (Lipinski definition) is 0. The molecule has 0 bridgehead atoms. The lowest BCUT2D eigenvalue weighted by Gasteiger charge is -2.07. The molecule has 4 heteroatoms. The maximum absolute atomic E-state index is 14.8. The van der Waals surface area contributed by atoms with Crippen molar-refractivity contribution in [3.05, 3.63) is 76.6 Å². The topological polar surface area (TPSA) is 26.0 Å². The Balaban J connectivity index is 1.68. The molecule has 4 aromatic rings. The quantitative estimate of drug-likeness (QED) is 0.409. The van der Waals surface area contributed by atoms with Crippen LogP contribution in [0.5, 0.6) is 0 Å². The van der Waals surface area contributed by atoms with Gasteiger partial charge in [0.2, 0.25) is 5.89 Å². The minimum absolute atomic E-state index is 0.224. The molecule has 0 N–H and O–H groups in total. The summed E-state index contributed by atoms with van der Waals surface area (Å²) in [5, 5.41) is 0.554. The molecule has 2 nitrogen and oxygen atoms in total. The fourth-order valence-corrected chi connectivity index (χ4v) is 4.04. The average molecular weight is 364 g/mol. The van der Waals surface area contributed by atoms with Crippen molar-refractivity contribution in [3.8, 4) is 22.6 Å². The zero-order valence-corrected chi connectivity index (χ0v) is 14.7. The third kappa shape index (κ3) is 2.35. The van der Waals surface area contributed by atoms with Crippen LogP contribution in [0.15, 0.2) is 59.0 Å².